The molecule has 0 aliphatic carbocycles. The van der Waals surface area contributed by atoms with E-state index in [1.54, 1.807) is 6.08 Å². The lowest BCUT2D eigenvalue weighted by atomic mass is 9.95. The van der Waals surface area contributed by atoms with Crippen LogP contribution in [0.5, 0.6) is 0 Å². The van der Waals surface area contributed by atoms with Crippen molar-refractivity contribution in [3.05, 3.63) is 77.4 Å². The second-order valence-corrected chi connectivity index (χ2v) is 11.0. The van der Waals surface area contributed by atoms with Crippen LogP contribution >= 0.6 is 8.53 Å². The first kappa shape index (κ1) is 31.5. The zero-order chi connectivity index (χ0) is 27.9. The van der Waals surface area contributed by atoms with E-state index in [4.69, 9.17) is 19.0 Å². The molecule has 0 saturated heterocycles. The van der Waals surface area contributed by atoms with Crippen molar-refractivity contribution in [2.45, 2.75) is 72.1 Å². The van der Waals surface area contributed by atoms with E-state index in [2.05, 4.69) is 69.4 Å². The molecule has 8 heteroatoms. The summed E-state index contributed by atoms with van der Waals surface area (Å²) in [5, 5.41) is 11.7. The van der Waals surface area contributed by atoms with Crippen molar-refractivity contribution >= 4 is 20.7 Å². The van der Waals surface area contributed by atoms with Gasteiger partial charge in [-0.25, -0.2) is 9.46 Å². The summed E-state index contributed by atoms with van der Waals surface area (Å²) in [6.07, 6.45) is 2.35. The molecule has 1 N–H and O–H groups in total. The molecular formula is C30H42N3O4P. The van der Waals surface area contributed by atoms with Crippen LogP contribution in [0.25, 0.3) is 6.08 Å². The summed E-state index contributed by atoms with van der Waals surface area (Å²) in [7, 11) is -1.30. The molecule has 1 amide bonds. The molecule has 2 aromatic rings. The molecule has 0 aliphatic heterocycles. The van der Waals surface area contributed by atoms with E-state index in [1.807, 2.05) is 36.4 Å². The van der Waals surface area contributed by atoms with Crippen LogP contribution < -0.4 is 5.32 Å². The topological polar surface area (TPSA) is 83.8 Å². The lowest BCUT2D eigenvalue weighted by molar-refractivity contribution is 0.0968. The molecule has 38 heavy (non-hydrogen) atoms. The highest BCUT2D eigenvalue weighted by molar-refractivity contribution is 7.44. The summed E-state index contributed by atoms with van der Waals surface area (Å²) in [6, 6.07) is 18.5. The second kappa shape index (κ2) is 17.0. The Morgan fingerprint density at radius 2 is 1.74 bits per heavy atom. The highest BCUT2D eigenvalue weighted by atomic mass is 31.2. The van der Waals surface area contributed by atoms with Gasteiger partial charge in [0, 0.05) is 30.6 Å². The number of nitriles is 1. The summed E-state index contributed by atoms with van der Waals surface area (Å²) >= 11 is 0. The number of nitrogens with one attached hydrogen (secondary N) is 1. The average Bonchev–Trinajstić information content (AvgIpc) is 2.88. The van der Waals surface area contributed by atoms with Crippen LogP contribution in [0.1, 0.15) is 68.9 Å². The number of rotatable bonds is 16. The number of alkyl carbamates (subject to hydrolysis) is 1. The van der Waals surface area contributed by atoms with Crippen LogP contribution in [0.4, 0.5) is 4.79 Å². The number of hydrogen-bond donors (Lipinski definition) is 1. The summed E-state index contributed by atoms with van der Waals surface area (Å²) in [4.78, 5) is 12.8. The highest BCUT2D eigenvalue weighted by Crippen LogP contribution is 2.46. The van der Waals surface area contributed by atoms with E-state index in [9.17, 15) is 4.79 Å². The molecule has 0 saturated carbocycles. The first-order valence-corrected chi connectivity index (χ1v) is 14.3. The normalized spacial score (nSPS) is 12.8. The number of carbonyl (C=O) groups excluding carboxylic acids is 1. The van der Waals surface area contributed by atoms with E-state index >= 15 is 0 Å². The summed E-state index contributed by atoms with van der Waals surface area (Å²) in [5.41, 5.74) is 4.14. The van der Waals surface area contributed by atoms with Crippen molar-refractivity contribution < 1.29 is 18.6 Å². The number of benzene rings is 2. The Hall–Kier alpha value is -2.75. The maximum absolute atomic E-state index is 12.8. The molecule has 0 spiro atoms. The van der Waals surface area contributed by atoms with Gasteiger partial charge in [-0.15, -0.1) is 0 Å². The lowest BCUT2D eigenvalue weighted by Gasteiger charge is -2.35. The van der Waals surface area contributed by atoms with Gasteiger partial charge in [-0.2, -0.15) is 5.26 Å². The monoisotopic (exact) mass is 539 g/mol. The third-order valence-electron chi connectivity index (χ3n) is 5.93. The predicted molar refractivity (Wildman–Crippen MR) is 154 cm³/mol. The van der Waals surface area contributed by atoms with Crippen LogP contribution in [0.2, 0.25) is 0 Å². The minimum Gasteiger partial charge on any atom is -0.441 e. The van der Waals surface area contributed by atoms with Crippen LogP contribution in [-0.2, 0) is 20.2 Å². The van der Waals surface area contributed by atoms with Crippen LogP contribution in [0.3, 0.4) is 0 Å². The molecule has 0 heterocycles. The fourth-order valence-electron chi connectivity index (χ4n) is 4.13. The van der Waals surface area contributed by atoms with E-state index < -0.39 is 20.7 Å². The number of amides is 1. The Morgan fingerprint density at radius 1 is 1.08 bits per heavy atom. The van der Waals surface area contributed by atoms with Crippen molar-refractivity contribution in [1.82, 2.24) is 9.99 Å². The molecule has 0 fully saturated rings. The number of nitrogens with zero attached hydrogens (tertiary/aromatic N) is 2. The molecule has 2 aromatic carbocycles. The van der Waals surface area contributed by atoms with Gasteiger partial charge in [0.2, 0.25) is 0 Å². The molecular weight excluding hydrogens is 497 g/mol. The molecule has 7 nitrogen and oxygen atoms in total. The Balaban J connectivity index is 1.96. The molecule has 2 atom stereocenters. The Bertz CT molecular complexity index is 1050. The van der Waals surface area contributed by atoms with Crippen molar-refractivity contribution in [3.8, 4) is 6.07 Å². The number of hydrogen-bond acceptors (Lipinski definition) is 6. The van der Waals surface area contributed by atoms with E-state index in [0.717, 1.165) is 22.3 Å². The molecule has 0 aromatic heterocycles. The van der Waals surface area contributed by atoms with Crippen LogP contribution in [-0.4, -0.2) is 42.6 Å². The smallest absolute Gasteiger partial charge is 0.407 e. The van der Waals surface area contributed by atoms with Gasteiger partial charge in [-0.1, -0.05) is 61.2 Å². The Kier molecular flexibility index (Phi) is 14.0. The zero-order valence-corrected chi connectivity index (χ0v) is 24.2. The minimum absolute atomic E-state index is 0.236. The van der Waals surface area contributed by atoms with Gasteiger partial charge in [-0.05, 0) is 57.7 Å². The summed E-state index contributed by atoms with van der Waals surface area (Å²) < 4.78 is 20.1. The van der Waals surface area contributed by atoms with E-state index in [1.165, 1.54) is 0 Å². The molecule has 0 aliphatic rings. The van der Waals surface area contributed by atoms with Crippen molar-refractivity contribution in [2.24, 2.45) is 0 Å². The molecule has 0 radical (unpaired) electrons. The van der Waals surface area contributed by atoms with Crippen molar-refractivity contribution in [2.75, 3.05) is 19.8 Å². The van der Waals surface area contributed by atoms with E-state index in [-0.39, 0.29) is 12.1 Å². The standard InChI is InChI=1S/C30H42N3O4P/c1-7-26-15-10-11-17-28(26)29(22-27-16-9-8-14-25(27)6)37-30(34)32-19-13-21-36-38(35-20-12-18-31)33(23(2)3)24(4)5/h7-11,14-17,23-24,29H,1,12-13,19-22H2,2-6H3,(H,32,34). The Morgan fingerprint density at radius 3 is 2.39 bits per heavy atom. The fourth-order valence-corrected chi connectivity index (χ4v) is 5.76. The second-order valence-electron chi connectivity index (χ2n) is 9.52. The predicted octanol–water partition coefficient (Wildman–Crippen LogP) is 7.33. The van der Waals surface area contributed by atoms with Gasteiger partial charge >= 0.3 is 6.09 Å². The molecule has 206 valence electrons. The van der Waals surface area contributed by atoms with Gasteiger partial charge in [-0.3, -0.25) is 0 Å². The third kappa shape index (κ3) is 10.2. The minimum atomic E-state index is -1.30. The fraction of sp³-hybridized carbons (Fsp3) is 0.467. The maximum atomic E-state index is 12.8. The van der Waals surface area contributed by atoms with Crippen LogP contribution in [0.15, 0.2) is 55.1 Å². The summed E-state index contributed by atoms with van der Waals surface area (Å²) in [5.74, 6) is 0. The number of aryl methyl sites for hydroxylation is 1. The van der Waals surface area contributed by atoms with Gasteiger partial charge in [0.25, 0.3) is 8.53 Å². The van der Waals surface area contributed by atoms with E-state index in [0.29, 0.717) is 39.0 Å². The Labute approximate surface area is 229 Å². The first-order valence-electron chi connectivity index (χ1n) is 13.2. The third-order valence-corrected chi connectivity index (χ3v) is 8.04. The molecule has 0 bridgehead atoms. The number of ether oxygens (including phenoxy) is 1. The van der Waals surface area contributed by atoms with Crippen molar-refractivity contribution in [3.63, 3.8) is 0 Å². The SMILES string of the molecule is C=Cc1ccccc1C(Cc1ccccc1C)OC(=O)NCCCOP(OCCC#N)N(C(C)C)C(C)C. The van der Waals surface area contributed by atoms with Crippen LogP contribution in [0, 0.1) is 18.3 Å². The molecule has 2 unspecified atom stereocenters. The largest absolute Gasteiger partial charge is 0.441 e. The zero-order valence-electron chi connectivity index (χ0n) is 23.4. The average molecular weight is 540 g/mol. The van der Waals surface area contributed by atoms with Gasteiger partial charge in [0.05, 0.1) is 25.7 Å². The summed E-state index contributed by atoms with van der Waals surface area (Å²) in [6.45, 7) is 15.5. The van der Waals surface area contributed by atoms with Gasteiger partial charge in [0.15, 0.2) is 0 Å². The highest BCUT2D eigenvalue weighted by Gasteiger charge is 2.27. The quantitative estimate of drug-likeness (QED) is 0.178. The first-order chi connectivity index (χ1) is 18.3. The van der Waals surface area contributed by atoms with Crippen molar-refractivity contribution in [1.29, 1.82) is 5.26 Å². The molecule has 2 rings (SSSR count). The maximum Gasteiger partial charge on any atom is 0.407 e. The van der Waals surface area contributed by atoms with Gasteiger partial charge in [0.1, 0.15) is 6.10 Å². The van der Waals surface area contributed by atoms with Gasteiger partial charge < -0.3 is 19.1 Å². The lowest BCUT2D eigenvalue weighted by Crippen LogP contribution is -2.34. The number of carbonyl (C=O) groups is 1.